The highest BCUT2D eigenvalue weighted by Gasteiger charge is 2.33. The number of aryl methyl sites for hydroxylation is 1. The number of amides is 1. The summed E-state index contributed by atoms with van der Waals surface area (Å²) in [5.74, 6) is -0.105. The molecule has 3 aromatic rings. The molecule has 6 heteroatoms. The Morgan fingerprint density at radius 1 is 1.00 bits per heavy atom. The molecule has 32 heavy (non-hydrogen) atoms. The molecule has 0 fully saturated rings. The lowest BCUT2D eigenvalue weighted by Gasteiger charge is -2.14. The normalized spacial score (nSPS) is 11.4. The van der Waals surface area contributed by atoms with Gasteiger partial charge in [0.25, 0.3) is 5.91 Å². The molecule has 0 aliphatic rings. The molecule has 0 saturated heterocycles. The third-order valence-corrected chi connectivity index (χ3v) is 5.44. The van der Waals surface area contributed by atoms with Crippen LogP contribution < -0.4 is 5.32 Å². The van der Waals surface area contributed by atoms with Gasteiger partial charge < -0.3 is 5.32 Å². The molecule has 2 aromatic carbocycles. The van der Waals surface area contributed by atoms with Gasteiger partial charge in [-0.1, -0.05) is 36.8 Å². The molecule has 0 bridgehead atoms. The molecule has 0 atom stereocenters. The summed E-state index contributed by atoms with van der Waals surface area (Å²) >= 11 is 0. The van der Waals surface area contributed by atoms with Gasteiger partial charge in [-0.15, -0.1) is 0 Å². The van der Waals surface area contributed by atoms with E-state index in [0.29, 0.717) is 24.1 Å². The minimum Gasteiger partial charge on any atom is -0.352 e. The molecule has 0 spiro atoms. The Bertz CT molecular complexity index is 1110. The first kappa shape index (κ1) is 23.5. The zero-order valence-corrected chi connectivity index (χ0v) is 18.5. The second-order valence-electron chi connectivity index (χ2n) is 8.01. The number of nitrogens with one attached hydrogen (secondary N) is 1. The van der Waals surface area contributed by atoms with Gasteiger partial charge >= 0.3 is 6.18 Å². The molecule has 0 saturated carbocycles. The van der Waals surface area contributed by atoms with E-state index in [1.165, 1.54) is 6.07 Å². The Morgan fingerprint density at radius 2 is 1.78 bits per heavy atom. The highest BCUT2D eigenvalue weighted by atomic mass is 19.4. The van der Waals surface area contributed by atoms with Crippen LogP contribution in [0.1, 0.15) is 62.8 Å². The van der Waals surface area contributed by atoms with Crippen LogP contribution in [0.4, 0.5) is 13.2 Å². The zero-order valence-electron chi connectivity index (χ0n) is 18.5. The maximum Gasteiger partial charge on any atom is 0.416 e. The van der Waals surface area contributed by atoms with Crippen molar-refractivity contribution in [3.63, 3.8) is 0 Å². The number of rotatable bonds is 7. The number of nitrogens with zero attached hydrogens (tertiary/aromatic N) is 1. The Kier molecular flexibility index (Phi) is 7.33. The summed E-state index contributed by atoms with van der Waals surface area (Å²) in [6, 6.07) is 13.6. The van der Waals surface area contributed by atoms with Gasteiger partial charge in [0.1, 0.15) is 0 Å². The van der Waals surface area contributed by atoms with Crippen molar-refractivity contribution in [3.05, 3.63) is 99.4 Å². The third kappa shape index (κ3) is 5.75. The van der Waals surface area contributed by atoms with E-state index in [1.807, 2.05) is 32.0 Å². The van der Waals surface area contributed by atoms with Gasteiger partial charge in [0.05, 0.1) is 5.56 Å². The lowest BCUT2D eigenvalue weighted by molar-refractivity contribution is -0.138. The van der Waals surface area contributed by atoms with Gasteiger partial charge in [-0.05, 0) is 73.2 Å². The van der Waals surface area contributed by atoms with Gasteiger partial charge in [0, 0.05) is 30.4 Å². The lowest BCUT2D eigenvalue weighted by atomic mass is 9.95. The molecular formula is C26H27F3N2O. The fourth-order valence-electron chi connectivity index (χ4n) is 3.71. The number of halogens is 3. The predicted octanol–water partition coefficient (Wildman–Crippen LogP) is 6.04. The molecule has 0 aliphatic carbocycles. The molecule has 168 valence electrons. The topological polar surface area (TPSA) is 42.0 Å². The van der Waals surface area contributed by atoms with E-state index >= 15 is 0 Å². The molecule has 1 heterocycles. The maximum atomic E-state index is 13.5. The van der Waals surface area contributed by atoms with Gasteiger partial charge in [0.2, 0.25) is 0 Å². The van der Waals surface area contributed by atoms with Crippen LogP contribution in [0.15, 0.2) is 54.7 Å². The average Bonchev–Trinajstić information content (AvgIpc) is 2.74. The average molecular weight is 441 g/mol. The molecule has 1 amide bonds. The van der Waals surface area contributed by atoms with Crippen LogP contribution in [0, 0.1) is 13.8 Å². The SMILES string of the molecule is CCCNC(=O)c1cccc(Cc2cc(Cc3ccc(C)cc3C(F)(F)F)ccn2)c1C. The van der Waals surface area contributed by atoms with Gasteiger partial charge in [-0.2, -0.15) is 13.2 Å². The first-order valence-electron chi connectivity index (χ1n) is 10.7. The predicted molar refractivity (Wildman–Crippen MR) is 120 cm³/mol. The standard InChI is InChI=1S/C26H27F3N2O/c1-4-11-31-25(32)23-7-5-6-20(18(23)3)16-22-15-19(10-12-30-22)14-21-9-8-17(2)13-24(21)26(27,28)29/h5-10,12-13,15H,4,11,14,16H2,1-3H3,(H,31,32). The third-order valence-electron chi connectivity index (χ3n) is 5.44. The number of benzene rings is 2. The quantitative estimate of drug-likeness (QED) is 0.487. The largest absolute Gasteiger partial charge is 0.416 e. The van der Waals surface area contributed by atoms with Crippen LogP contribution in [0.25, 0.3) is 0 Å². The van der Waals surface area contributed by atoms with Crippen molar-refractivity contribution in [3.8, 4) is 0 Å². The van der Waals surface area contributed by atoms with E-state index < -0.39 is 11.7 Å². The second-order valence-corrected chi connectivity index (χ2v) is 8.01. The van der Waals surface area contributed by atoms with Crippen molar-refractivity contribution in [1.82, 2.24) is 10.3 Å². The summed E-state index contributed by atoms with van der Waals surface area (Å²) in [5.41, 5.74) is 4.20. The Hall–Kier alpha value is -3.15. The molecule has 0 aliphatic heterocycles. The van der Waals surface area contributed by atoms with E-state index in [9.17, 15) is 18.0 Å². The summed E-state index contributed by atoms with van der Waals surface area (Å²) in [7, 11) is 0. The van der Waals surface area contributed by atoms with Crippen LogP contribution >= 0.6 is 0 Å². The van der Waals surface area contributed by atoms with Gasteiger partial charge in [-0.25, -0.2) is 0 Å². The summed E-state index contributed by atoms with van der Waals surface area (Å²) in [4.78, 5) is 16.8. The molecule has 1 aromatic heterocycles. The molecule has 3 rings (SSSR count). The fraction of sp³-hybridized carbons (Fsp3) is 0.308. The van der Waals surface area contributed by atoms with Gasteiger partial charge in [-0.3, -0.25) is 9.78 Å². The number of hydrogen-bond donors (Lipinski definition) is 1. The van der Waals surface area contributed by atoms with Crippen LogP contribution in [-0.4, -0.2) is 17.4 Å². The van der Waals surface area contributed by atoms with E-state index in [1.54, 1.807) is 37.4 Å². The van der Waals surface area contributed by atoms with Crippen LogP contribution in [0.2, 0.25) is 0 Å². The van der Waals surface area contributed by atoms with E-state index in [4.69, 9.17) is 0 Å². The minimum absolute atomic E-state index is 0.105. The Labute approximate surface area is 186 Å². The van der Waals surface area contributed by atoms with E-state index in [2.05, 4.69) is 10.3 Å². The molecule has 0 unspecified atom stereocenters. The van der Waals surface area contributed by atoms with Crippen molar-refractivity contribution in [1.29, 1.82) is 0 Å². The van der Waals surface area contributed by atoms with Crippen molar-refractivity contribution in [2.75, 3.05) is 6.54 Å². The smallest absolute Gasteiger partial charge is 0.352 e. The van der Waals surface area contributed by atoms with Crippen LogP contribution in [-0.2, 0) is 19.0 Å². The summed E-state index contributed by atoms with van der Waals surface area (Å²) < 4.78 is 40.4. The maximum absolute atomic E-state index is 13.5. The number of aromatic nitrogens is 1. The number of pyridine rings is 1. The minimum atomic E-state index is -4.40. The van der Waals surface area contributed by atoms with Crippen molar-refractivity contribution in [2.45, 2.75) is 46.2 Å². The first-order chi connectivity index (χ1) is 15.2. The Morgan fingerprint density at radius 3 is 2.50 bits per heavy atom. The fourth-order valence-corrected chi connectivity index (χ4v) is 3.71. The van der Waals surface area contributed by atoms with Crippen molar-refractivity contribution in [2.24, 2.45) is 0 Å². The number of carbonyl (C=O) groups excluding carboxylic acids is 1. The molecular weight excluding hydrogens is 413 g/mol. The van der Waals surface area contributed by atoms with Crippen LogP contribution in [0.3, 0.4) is 0 Å². The highest BCUT2D eigenvalue weighted by Crippen LogP contribution is 2.33. The molecule has 1 N–H and O–H groups in total. The summed E-state index contributed by atoms with van der Waals surface area (Å²) in [6.07, 6.45) is -1.25. The van der Waals surface area contributed by atoms with Crippen molar-refractivity contribution < 1.29 is 18.0 Å². The Balaban J connectivity index is 1.84. The van der Waals surface area contributed by atoms with Gasteiger partial charge in [0.15, 0.2) is 0 Å². The lowest BCUT2D eigenvalue weighted by Crippen LogP contribution is -2.25. The summed E-state index contributed by atoms with van der Waals surface area (Å²) in [6.45, 7) is 6.17. The van der Waals surface area contributed by atoms with Crippen LogP contribution in [0.5, 0.6) is 0 Å². The van der Waals surface area contributed by atoms with Crippen molar-refractivity contribution >= 4 is 5.91 Å². The number of hydrogen-bond acceptors (Lipinski definition) is 2. The molecule has 0 radical (unpaired) electrons. The highest BCUT2D eigenvalue weighted by molar-refractivity contribution is 5.95. The van der Waals surface area contributed by atoms with E-state index in [-0.39, 0.29) is 17.9 Å². The van der Waals surface area contributed by atoms with E-state index in [0.717, 1.165) is 28.8 Å². The second kappa shape index (κ2) is 9.98. The number of carbonyl (C=O) groups is 1. The molecule has 3 nitrogen and oxygen atoms in total. The monoisotopic (exact) mass is 440 g/mol. The zero-order chi connectivity index (χ0) is 23.3. The summed E-state index contributed by atoms with van der Waals surface area (Å²) in [5, 5.41) is 2.89. The first-order valence-corrected chi connectivity index (χ1v) is 10.7. The number of alkyl halides is 3.